The maximum absolute atomic E-state index is 6.06. The first kappa shape index (κ1) is 13.9. The Morgan fingerprint density at radius 1 is 1.42 bits per heavy atom. The Hall–Kier alpha value is -1.56. The third kappa shape index (κ3) is 2.73. The van der Waals surface area contributed by atoms with E-state index in [9.17, 15) is 0 Å². The number of aryl methyl sites for hydroxylation is 2. The van der Waals surface area contributed by atoms with Crippen molar-refractivity contribution in [3.8, 4) is 5.75 Å². The molecule has 2 rings (SSSR count). The summed E-state index contributed by atoms with van der Waals surface area (Å²) in [5.74, 6) is 6.43. The summed E-state index contributed by atoms with van der Waals surface area (Å²) in [5.41, 5.74) is 5.54. The molecule has 3 N–H and O–H groups in total. The standard InChI is InChI=1S/C13H17ClN4O/c1-8-6-11(18(2)17-8)13(16-15)10-7-9(14)4-5-12(10)19-3/h4-7,13,16H,15H2,1-3H3. The molecule has 5 nitrogen and oxygen atoms in total. The third-order valence-corrected chi connectivity index (χ3v) is 3.24. The predicted octanol–water partition coefficient (Wildman–Crippen LogP) is 1.94. The van der Waals surface area contributed by atoms with Crippen molar-refractivity contribution in [3.05, 3.63) is 46.2 Å². The highest BCUT2D eigenvalue weighted by molar-refractivity contribution is 6.30. The van der Waals surface area contributed by atoms with Crippen LogP contribution in [0, 0.1) is 6.92 Å². The van der Waals surface area contributed by atoms with Gasteiger partial charge in [0.2, 0.25) is 0 Å². The lowest BCUT2D eigenvalue weighted by molar-refractivity contribution is 0.402. The minimum atomic E-state index is -0.236. The molecule has 1 heterocycles. The first-order valence-electron chi connectivity index (χ1n) is 5.87. The fraction of sp³-hybridized carbons (Fsp3) is 0.308. The summed E-state index contributed by atoms with van der Waals surface area (Å²) >= 11 is 6.06. The first-order chi connectivity index (χ1) is 9.06. The highest BCUT2D eigenvalue weighted by atomic mass is 35.5. The molecule has 1 aromatic heterocycles. The van der Waals surface area contributed by atoms with Gasteiger partial charge < -0.3 is 4.74 Å². The summed E-state index contributed by atoms with van der Waals surface area (Å²) in [4.78, 5) is 0. The zero-order chi connectivity index (χ0) is 14.0. The van der Waals surface area contributed by atoms with Crippen molar-refractivity contribution < 1.29 is 4.74 Å². The van der Waals surface area contributed by atoms with Gasteiger partial charge in [0.25, 0.3) is 0 Å². The highest BCUT2D eigenvalue weighted by Crippen LogP contribution is 2.31. The number of nitrogens with one attached hydrogen (secondary N) is 1. The van der Waals surface area contributed by atoms with Gasteiger partial charge in [0, 0.05) is 17.6 Å². The van der Waals surface area contributed by atoms with Crippen molar-refractivity contribution in [3.63, 3.8) is 0 Å². The molecule has 0 bridgehead atoms. The van der Waals surface area contributed by atoms with Crippen LogP contribution >= 0.6 is 11.6 Å². The highest BCUT2D eigenvalue weighted by Gasteiger charge is 2.21. The van der Waals surface area contributed by atoms with E-state index in [2.05, 4.69) is 10.5 Å². The van der Waals surface area contributed by atoms with Gasteiger partial charge >= 0.3 is 0 Å². The lowest BCUT2D eigenvalue weighted by Gasteiger charge is -2.19. The molecule has 2 aromatic rings. The largest absolute Gasteiger partial charge is 0.496 e. The molecule has 0 spiro atoms. The molecule has 1 atom stereocenters. The van der Waals surface area contributed by atoms with Crippen LogP contribution < -0.4 is 16.0 Å². The Morgan fingerprint density at radius 3 is 2.68 bits per heavy atom. The van der Waals surface area contributed by atoms with Gasteiger partial charge in [-0.05, 0) is 31.2 Å². The van der Waals surface area contributed by atoms with E-state index in [0.717, 1.165) is 22.7 Å². The number of hydrazine groups is 1. The second-order valence-corrected chi connectivity index (χ2v) is 4.76. The van der Waals surface area contributed by atoms with Crippen molar-refractivity contribution in [2.75, 3.05) is 7.11 Å². The maximum atomic E-state index is 6.06. The molecule has 0 aliphatic rings. The van der Waals surface area contributed by atoms with Crippen molar-refractivity contribution >= 4 is 11.6 Å². The molecule has 0 aliphatic carbocycles. The van der Waals surface area contributed by atoms with Crippen LogP contribution in [0.15, 0.2) is 24.3 Å². The van der Waals surface area contributed by atoms with Gasteiger partial charge in [0.05, 0.1) is 24.5 Å². The normalized spacial score (nSPS) is 12.5. The molecule has 19 heavy (non-hydrogen) atoms. The van der Waals surface area contributed by atoms with Crippen LogP contribution in [0.25, 0.3) is 0 Å². The zero-order valence-corrected chi connectivity index (χ0v) is 11.9. The number of hydrogen-bond acceptors (Lipinski definition) is 4. The van der Waals surface area contributed by atoms with E-state index in [4.69, 9.17) is 22.2 Å². The van der Waals surface area contributed by atoms with Gasteiger partial charge in [0.1, 0.15) is 5.75 Å². The van der Waals surface area contributed by atoms with Crippen LogP contribution in [0.2, 0.25) is 5.02 Å². The molecule has 0 saturated carbocycles. The Balaban J connectivity index is 2.53. The molecule has 0 fully saturated rings. The number of benzene rings is 1. The quantitative estimate of drug-likeness (QED) is 0.664. The number of aromatic nitrogens is 2. The van der Waals surface area contributed by atoms with Crippen molar-refractivity contribution in [1.82, 2.24) is 15.2 Å². The topological polar surface area (TPSA) is 65.1 Å². The van der Waals surface area contributed by atoms with E-state index < -0.39 is 0 Å². The van der Waals surface area contributed by atoms with Crippen LogP contribution in [0.4, 0.5) is 0 Å². The van der Waals surface area contributed by atoms with E-state index in [1.165, 1.54) is 0 Å². The Bertz CT molecular complexity index is 582. The first-order valence-corrected chi connectivity index (χ1v) is 6.24. The van der Waals surface area contributed by atoms with Gasteiger partial charge in [-0.3, -0.25) is 10.5 Å². The molecule has 0 amide bonds. The molecule has 6 heteroatoms. The predicted molar refractivity (Wildman–Crippen MR) is 75.1 cm³/mol. The summed E-state index contributed by atoms with van der Waals surface area (Å²) in [6.45, 7) is 1.94. The maximum Gasteiger partial charge on any atom is 0.124 e. The van der Waals surface area contributed by atoms with Crippen molar-refractivity contribution in [2.45, 2.75) is 13.0 Å². The minimum Gasteiger partial charge on any atom is -0.496 e. The average Bonchev–Trinajstić information content (AvgIpc) is 2.70. The Kier molecular flexibility index (Phi) is 4.09. The van der Waals surface area contributed by atoms with E-state index in [1.54, 1.807) is 17.9 Å². The minimum absolute atomic E-state index is 0.236. The molecule has 0 radical (unpaired) electrons. The van der Waals surface area contributed by atoms with Crippen LogP contribution in [-0.2, 0) is 7.05 Å². The van der Waals surface area contributed by atoms with E-state index in [-0.39, 0.29) is 6.04 Å². The van der Waals surface area contributed by atoms with Crippen LogP contribution in [0.5, 0.6) is 5.75 Å². The molecular weight excluding hydrogens is 264 g/mol. The van der Waals surface area contributed by atoms with E-state index >= 15 is 0 Å². The monoisotopic (exact) mass is 280 g/mol. The molecule has 102 valence electrons. The lowest BCUT2D eigenvalue weighted by Crippen LogP contribution is -2.30. The van der Waals surface area contributed by atoms with Gasteiger partial charge in [0.15, 0.2) is 0 Å². The van der Waals surface area contributed by atoms with E-state index in [1.807, 2.05) is 32.2 Å². The lowest BCUT2D eigenvalue weighted by atomic mass is 10.0. The molecule has 1 aromatic carbocycles. The third-order valence-electron chi connectivity index (χ3n) is 3.00. The van der Waals surface area contributed by atoms with Crippen LogP contribution in [-0.4, -0.2) is 16.9 Å². The number of ether oxygens (including phenoxy) is 1. The number of halogens is 1. The van der Waals surface area contributed by atoms with Gasteiger partial charge in [-0.15, -0.1) is 0 Å². The molecule has 1 unspecified atom stereocenters. The number of nitrogens with zero attached hydrogens (tertiary/aromatic N) is 2. The SMILES string of the molecule is COc1ccc(Cl)cc1C(NN)c1cc(C)nn1C. The van der Waals surface area contributed by atoms with Gasteiger partial charge in [-0.1, -0.05) is 11.6 Å². The van der Waals surface area contributed by atoms with Crippen molar-refractivity contribution in [1.29, 1.82) is 0 Å². The second-order valence-electron chi connectivity index (χ2n) is 4.32. The van der Waals surface area contributed by atoms with Gasteiger partial charge in [-0.2, -0.15) is 5.10 Å². The summed E-state index contributed by atoms with van der Waals surface area (Å²) in [6.07, 6.45) is 0. The summed E-state index contributed by atoms with van der Waals surface area (Å²) < 4.78 is 7.16. The number of rotatable bonds is 4. The number of hydrogen-bond donors (Lipinski definition) is 2. The fourth-order valence-electron chi connectivity index (χ4n) is 2.17. The van der Waals surface area contributed by atoms with Crippen LogP contribution in [0.1, 0.15) is 23.0 Å². The number of nitrogens with two attached hydrogens (primary N) is 1. The van der Waals surface area contributed by atoms with Crippen LogP contribution in [0.3, 0.4) is 0 Å². The molecule has 0 aliphatic heterocycles. The van der Waals surface area contributed by atoms with Crippen molar-refractivity contribution in [2.24, 2.45) is 12.9 Å². The number of methoxy groups -OCH3 is 1. The average molecular weight is 281 g/mol. The summed E-state index contributed by atoms with van der Waals surface area (Å²) in [5, 5.41) is 4.96. The fourth-order valence-corrected chi connectivity index (χ4v) is 2.35. The summed E-state index contributed by atoms with van der Waals surface area (Å²) in [7, 11) is 3.50. The smallest absolute Gasteiger partial charge is 0.124 e. The second kappa shape index (κ2) is 5.61. The Labute approximate surface area is 117 Å². The molecule has 0 saturated heterocycles. The zero-order valence-electron chi connectivity index (χ0n) is 11.1. The molecular formula is C13H17ClN4O. The summed E-state index contributed by atoms with van der Waals surface area (Å²) in [6, 6.07) is 7.19. The Morgan fingerprint density at radius 2 is 2.16 bits per heavy atom. The van der Waals surface area contributed by atoms with Gasteiger partial charge in [-0.25, -0.2) is 5.43 Å². The van der Waals surface area contributed by atoms with E-state index in [0.29, 0.717) is 5.02 Å².